The van der Waals surface area contributed by atoms with Crippen LogP contribution in [0.5, 0.6) is 0 Å². The van der Waals surface area contributed by atoms with Gasteiger partial charge in [-0.05, 0) is 44.3 Å². The van der Waals surface area contributed by atoms with E-state index in [1.165, 1.54) is 25.7 Å². The van der Waals surface area contributed by atoms with Gasteiger partial charge in [-0.15, -0.1) is 0 Å². The Bertz CT molecular complexity index is 231. The summed E-state index contributed by atoms with van der Waals surface area (Å²) >= 11 is 5.48. The van der Waals surface area contributed by atoms with Crippen molar-refractivity contribution < 1.29 is 4.74 Å². The number of rotatable bonds is 8. The van der Waals surface area contributed by atoms with E-state index >= 15 is 0 Å². The van der Waals surface area contributed by atoms with Crippen LogP contribution < -0.4 is 5.32 Å². The first-order valence-corrected chi connectivity index (χ1v) is 7.15. The summed E-state index contributed by atoms with van der Waals surface area (Å²) in [6, 6.07) is 0.548. The molecule has 1 rings (SSSR count). The lowest BCUT2D eigenvalue weighted by Crippen LogP contribution is -2.47. The zero-order valence-corrected chi connectivity index (χ0v) is 12.2. The van der Waals surface area contributed by atoms with Gasteiger partial charge >= 0.3 is 0 Å². The molecule has 1 N–H and O–H groups in total. The largest absolute Gasteiger partial charge is 0.383 e. The molecule has 3 nitrogen and oxygen atoms in total. The van der Waals surface area contributed by atoms with Gasteiger partial charge in [-0.1, -0.05) is 13.3 Å². The summed E-state index contributed by atoms with van der Waals surface area (Å²) in [5.74, 6) is 0.831. The van der Waals surface area contributed by atoms with Gasteiger partial charge in [0.1, 0.15) is 0 Å². The summed E-state index contributed by atoms with van der Waals surface area (Å²) in [5.41, 5.74) is 0. The first-order valence-electron chi connectivity index (χ1n) is 6.74. The molecule has 1 aliphatic rings. The maximum Gasteiger partial charge on any atom is 0.169 e. The quantitative estimate of drug-likeness (QED) is 0.534. The van der Waals surface area contributed by atoms with Crippen molar-refractivity contribution in [3.05, 3.63) is 0 Å². The molecule has 0 amide bonds. The molecule has 1 saturated carbocycles. The third-order valence-electron chi connectivity index (χ3n) is 3.40. The molecule has 0 saturated heterocycles. The molecule has 0 aromatic rings. The van der Waals surface area contributed by atoms with Crippen molar-refractivity contribution in [3.63, 3.8) is 0 Å². The standard InChI is InChI=1S/C13H26N2OS/c1-4-5-8-14-13(17)15(9-10-16-3)11(2)12-6-7-12/h11-12H,4-10H2,1-3H3,(H,14,17). The van der Waals surface area contributed by atoms with Crippen molar-refractivity contribution in [2.24, 2.45) is 5.92 Å². The molecule has 1 fully saturated rings. The summed E-state index contributed by atoms with van der Waals surface area (Å²) in [5, 5.41) is 4.26. The molecule has 0 heterocycles. The zero-order chi connectivity index (χ0) is 12.7. The lowest BCUT2D eigenvalue weighted by molar-refractivity contribution is 0.159. The molecule has 0 bridgehead atoms. The van der Waals surface area contributed by atoms with Gasteiger partial charge in [-0.3, -0.25) is 0 Å². The fraction of sp³-hybridized carbons (Fsp3) is 0.923. The van der Waals surface area contributed by atoms with Crippen LogP contribution in [0.2, 0.25) is 0 Å². The molecule has 1 unspecified atom stereocenters. The van der Waals surface area contributed by atoms with Gasteiger partial charge in [0.2, 0.25) is 0 Å². The fourth-order valence-electron chi connectivity index (χ4n) is 1.99. The Labute approximate surface area is 111 Å². The van der Waals surface area contributed by atoms with E-state index in [9.17, 15) is 0 Å². The van der Waals surface area contributed by atoms with Gasteiger partial charge in [0, 0.05) is 26.2 Å². The van der Waals surface area contributed by atoms with Gasteiger partial charge in [-0.25, -0.2) is 0 Å². The number of nitrogens with one attached hydrogen (secondary N) is 1. The molecular formula is C13H26N2OS. The number of hydrogen-bond acceptors (Lipinski definition) is 2. The van der Waals surface area contributed by atoms with Gasteiger partial charge in [-0.2, -0.15) is 0 Å². The lowest BCUT2D eigenvalue weighted by atomic mass is 10.2. The van der Waals surface area contributed by atoms with Gasteiger partial charge in [0.15, 0.2) is 5.11 Å². The number of hydrogen-bond donors (Lipinski definition) is 1. The molecule has 0 aromatic heterocycles. The Morgan fingerprint density at radius 2 is 2.24 bits per heavy atom. The molecule has 100 valence electrons. The maximum atomic E-state index is 5.48. The van der Waals surface area contributed by atoms with Crippen molar-refractivity contribution in [3.8, 4) is 0 Å². The van der Waals surface area contributed by atoms with E-state index in [2.05, 4.69) is 24.1 Å². The first-order chi connectivity index (χ1) is 8.20. The van der Waals surface area contributed by atoms with E-state index in [4.69, 9.17) is 17.0 Å². The zero-order valence-electron chi connectivity index (χ0n) is 11.4. The summed E-state index contributed by atoms with van der Waals surface area (Å²) < 4.78 is 5.17. The molecule has 4 heteroatoms. The Morgan fingerprint density at radius 1 is 1.53 bits per heavy atom. The van der Waals surface area contributed by atoms with E-state index in [0.29, 0.717) is 6.04 Å². The van der Waals surface area contributed by atoms with Crippen LogP contribution in [0.25, 0.3) is 0 Å². The molecule has 0 radical (unpaired) electrons. The van der Waals surface area contributed by atoms with Crippen LogP contribution in [0.15, 0.2) is 0 Å². The van der Waals surface area contributed by atoms with E-state index < -0.39 is 0 Å². The SMILES string of the molecule is CCCCNC(=S)N(CCOC)C(C)C1CC1. The molecule has 1 aliphatic carbocycles. The van der Waals surface area contributed by atoms with E-state index in [1.54, 1.807) is 7.11 Å². The average molecular weight is 258 g/mol. The van der Waals surface area contributed by atoms with Gasteiger partial charge in [0.05, 0.1) is 6.61 Å². The number of nitrogens with zero attached hydrogens (tertiary/aromatic N) is 1. The van der Waals surface area contributed by atoms with E-state index in [0.717, 1.165) is 30.7 Å². The van der Waals surface area contributed by atoms with Crippen LogP contribution in [-0.2, 0) is 4.74 Å². The van der Waals surface area contributed by atoms with Crippen LogP contribution >= 0.6 is 12.2 Å². The highest BCUT2D eigenvalue weighted by molar-refractivity contribution is 7.80. The molecule has 1 atom stereocenters. The number of ether oxygens (including phenoxy) is 1. The first kappa shape index (κ1) is 14.7. The maximum absolute atomic E-state index is 5.48. The minimum absolute atomic E-state index is 0.548. The normalized spacial score (nSPS) is 16.6. The second-order valence-corrected chi connectivity index (χ2v) is 5.24. The van der Waals surface area contributed by atoms with Crippen LogP contribution in [0, 0.1) is 5.92 Å². The summed E-state index contributed by atoms with van der Waals surface area (Å²) in [6.07, 6.45) is 5.08. The van der Waals surface area contributed by atoms with Crippen molar-refractivity contribution in [1.82, 2.24) is 10.2 Å². The topological polar surface area (TPSA) is 24.5 Å². The van der Waals surface area contributed by atoms with Gasteiger partial charge < -0.3 is 15.0 Å². The predicted octanol–water partition coefficient (Wildman–Crippen LogP) is 2.41. The Balaban J connectivity index is 2.39. The van der Waals surface area contributed by atoms with Crippen LogP contribution in [0.3, 0.4) is 0 Å². The van der Waals surface area contributed by atoms with Crippen molar-refractivity contribution in [2.75, 3.05) is 26.8 Å². The van der Waals surface area contributed by atoms with Crippen molar-refractivity contribution >= 4 is 17.3 Å². The minimum atomic E-state index is 0.548. The molecular weight excluding hydrogens is 232 g/mol. The molecule has 0 spiro atoms. The van der Waals surface area contributed by atoms with Crippen molar-refractivity contribution in [2.45, 2.75) is 45.6 Å². The summed E-state index contributed by atoms with van der Waals surface area (Å²) in [7, 11) is 1.74. The summed E-state index contributed by atoms with van der Waals surface area (Å²) in [4.78, 5) is 2.30. The van der Waals surface area contributed by atoms with E-state index in [-0.39, 0.29) is 0 Å². The third kappa shape index (κ3) is 5.21. The highest BCUT2D eigenvalue weighted by Gasteiger charge is 2.32. The minimum Gasteiger partial charge on any atom is -0.383 e. The van der Waals surface area contributed by atoms with Gasteiger partial charge in [0.25, 0.3) is 0 Å². The van der Waals surface area contributed by atoms with Crippen LogP contribution in [0.1, 0.15) is 39.5 Å². The number of methoxy groups -OCH3 is 1. The Kier molecular flexibility index (Phi) is 6.82. The molecule has 0 aliphatic heterocycles. The van der Waals surface area contributed by atoms with Crippen molar-refractivity contribution in [1.29, 1.82) is 0 Å². The van der Waals surface area contributed by atoms with Crippen LogP contribution in [-0.4, -0.2) is 42.9 Å². The number of unbranched alkanes of at least 4 members (excludes halogenated alkanes) is 1. The second-order valence-electron chi connectivity index (χ2n) is 4.85. The Morgan fingerprint density at radius 3 is 2.76 bits per heavy atom. The average Bonchev–Trinajstić information content (AvgIpc) is 3.13. The highest BCUT2D eigenvalue weighted by Crippen LogP contribution is 2.35. The molecule has 17 heavy (non-hydrogen) atoms. The smallest absolute Gasteiger partial charge is 0.169 e. The fourth-order valence-corrected chi connectivity index (χ4v) is 2.35. The highest BCUT2D eigenvalue weighted by atomic mass is 32.1. The van der Waals surface area contributed by atoms with Crippen LogP contribution in [0.4, 0.5) is 0 Å². The number of thiocarbonyl (C=S) groups is 1. The second kappa shape index (κ2) is 7.88. The summed E-state index contributed by atoms with van der Waals surface area (Å²) in [6.45, 7) is 7.09. The Hall–Kier alpha value is -0.350. The van der Waals surface area contributed by atoms with E-state index in [1.807, 2.05) is 0 Å². The third-order valence-corrected chi connectivity index (χ3v) is 3.78. The molecule has 0 aromatic carbocycles. The lowest BCUT2D eigenvalue weighted by Gasteiger charge is -2.32. The predicted molar refractivity (Wildman–Crippen MR) is 76.3 cm³/mol. The monoisotopic (exact) mass is 258 g/mol.